The maximum absolute atomic E-state index is 9.02. The van der Waals surface area contributed by atoms with Gasteiger partial charge in [0.25, 0.3) is 0 Å². The van der Waals surface area contributed by atoms with Gasteiger partial charge in [0.15, 0.2) is 0 Å². The van der Waals surface area contributed by atoms with Crippen molar-refractivity contribution in [3.05, 3.63) is 28.8 Å². The van der Waals surface area contributed by atoms with Gasteiger partial charge in [-0.15, -0.1) is 0 Å². The third kappa shape index (κ3) is 2.54. The third-order valence-electron chi connectivity index (χ3n) is 2.99. The van der Waals surface area contributed by atoms with Crippen molar-refractivity contribution in [2.24, 2.45) is 5.73 Å². The summed E-state index contributed by atoms with van der Waals surface area (Å²) < 4.78 is 5.26. The van der Waals surface area contributed by atoms with Crippen molar-refractivity contribution in [1.82, 2.24) is 0 Å². The molecule has 3 nitrogen and oxygen atoms in total. The highest BCUT2D eigenvalue weighted by Gasteiger charge is 2.23. The number of aryl methyl sites for hydroxylation is 2. The fraction of sp³-hybridized carbons (Fsp3) is 0.538. The average molecular weight is 223 g/mol. The molecular weight excluding hydrogens is 202 g/mol. The Balaban J connectivity index is 3.20. The molecule has 0 saturated heterocycles. The maximum atomic E-state index is 9.02. The Morgan fingerprint density at radius 1 is 1.31 bits per heavy atom. The summed E-state index contributed by atoms with van der Waals surface area (Å²) in [6.07, 6.45) is 0.555. The summed E-state index contributed by atoms with van der Waals surface area (Å²) in [5.41, 5.74) is 8.95. The van der Waals surface area contributed by atoms with Crippen LogP contribution in [0, 0.1) is 13.8 Å². The van der Waals surface area contributed by atoms with Gasteiger partial charge in [0.1, 0.15) is 5.75 Å². The average Bonchev–Trinajstić information content (AvgIpc) is 2.20. The standard InChI is InChI=1S/C13H21NO2/c1-9-8-12(16-4)10(2)7-11(9)13(3,14)5-6-15/h7-8,15H,5-6,14H2,1-4H3. The SMILES string of the molecule is COc1cc(C)c(C(C)(N)CCO)cc1C. The van der Waals surface area contributed by atoms with Crippen molar-refractivity contribution in [3.8, 4) is 5.75 Å². The number of benzene rings is 1. The zero-order valence-electron chi connectivity index (χ0n) is 10.5. The van der Waals surface area contributed by atoms with Crippen LogP contribution in [-0.2, 0) is 5.54 Å². The zero-order valence-corrected chi connectivity index (χ0v) is 10.5. The van der Waals surface area contributed by atoms with Gasteiger partial charge in [-0.2, -0.15) is 0 Å². The molecule has 3 heteroatoms. The number of nitrogens with two attached hydrogens (primary N) is 1. The van der Waals surface area contributed by atoms with Gasteiger partial charge in [-0.1, -0.05) is 6.07 Å². The lowest BCUT2D eigenvalue weighted by Gasteiger charge is -2.27. The van der Waals surface area contributed by atoms with Gasteiger partial charge in [0, 0.05) is 12.1 Å². The van der Waals surface area contributed by atoms with Crippen LogP contribution in [-0.4, -0.2) is 18.8 Å². The Morgan fingerprint density at radius 2 is 1.94 bits per heavy atom. The van der Waals surface area contributed by atoms with Crippen LogP contribution in [0.25, 0.3) is 0 Å². The Morgan fingerprint density at radius 3 is 2.44 bits per heavy atom. The fourth-order valence-electron chi connectivity index (χ4n) is 1.99. The molecule has 1 atom stereocenters. The molecule has 1 aromatic rings. The lowest BCUT2D eigenvalue weighted by atomic mass is 9.86. The zero-order chi connectivity index (χ0) is 12.3. The first kappa shape index (κ1) is 13.0. The number of methoxy groups -OCH3 is 1. The smallest absolute Gasteiger partial charge is 0.122 e. The van der Waals surface area contributed by atoms with E-state index in [1.54, 1.807) is 7.11 Å². The lowest BCUT2D eigenvalue weighted by molar-refractivity contribution is 0.247. The summed E-state index contributed by atoms with van der Waals surface area (Å²) in [6, 6.07) is 4.04. The molecule has 0 aliphatic rings. The summed E-state index contributed by atoms with van der Waals surface area (Å²) in [5.74, 6) is 0.876. The molecule has 0 amide bonds. The van der Waals surface area contributed by atoms with E-state index in [2.05, 4.69) is 0 Å². The highest BCUT2D eigenvalue weighted by atomic mass is 16.5. The highest BCUT2D eigenvalue weighted by molar-refractivity contribution is 5.44. The topological polar surface area (TPSA) is 55.5 Å². The third-order valence-corrected chi connectivity index (χ3v) is 2.99. The molecule has 3 N–H and O–H groups in total. The number of ether oxygens (including phenoxy) is 1. The maximum Gasteiger partial charge on any atom is 0.122 e. The first-order valence-electron chi connectivity index (χ1n) is 5.48. The number of hydrogen-bond acceptors (Lipinski definition) is 3. The van der Waals surface area contributed by atoms with Crippen LogP contribution < -0.4 is 10.5 Å². The number of aliphatic hydroxyl groups excluding tert-OH is 1. The molecule has 1 rings (SSSR count). The number of rotatable bonds is 4. The molecule has 0 spiro atoms. The second-order valence-corrected chi connectivity index (χ2v) is 4.53. The molecule has 0 aliphatic carbocycles. The molecule has 16 heavy (non-hydrogen) atoms. The van der Waals surface area contributed by atoms with E-state index in [0.717, 1.165) is 22.4 Å². The van der Waals surface area contributed by atoms with E-state index in [9.17, 15) is 0 Å². The van der Waals surface area contributed by atoms with Gasteiger partial charge < -0.3 is 15.6 Å². The number of aliphatic hydroxyl groups is 1. The minimum Gasteiger partial charge on any atom is -0.496 e. The molecule has 90 valence electrons. The molecule has 0 aromatic heterocycles. The van der Waals surface area contributed by atoms with Crippen LogP contribution in [0.5, 0.6) is 5.75 Å². The van der Waals surface area contributed by atoms with Crippen molar-refractivity contribution in [2.45, 2.75) is 32.7 Å². The number of hydrogen-bond donors (Lipinski definition) is 2. The summed E-state index contributed by atoms with van der Waals surface area (Å²) >= 11 is 0. The van der Waals surface area contributed by atoms with Crippen LogP contribution in [0.3, 0.4) is 0 Å². The van der Waals surface area contributed by atoms with Crippen LogP contribution >= 0.6 is 0 Å². The van der Waals surface area contributed by atoms with Crippen LogP contribution in [0.15, 0.2) is 12.1 Å². The van der Waals surface area contributed by atoms with Gasteiger partial charge in [0.2, 0.25) is 0 Å². The predicted octanol–water partition coefficient (Wildman–Crippen LogP) is 1.87. The van der Waals surface area contributed by atoms with E-state index in [4.69, 9.17) is 15.6 Å². The molecule has 0 radical (unpaired) electrons. The van der Waals surface area contributed by atoms with Crippen molar-refractivity contribution in [2.75, 3.05) is 13.7 Å². The Hall–Kier alpha value is -1.06. The van der Waals surface area contributed by atoms with Gasteiger partial charge in [-0.3, -0.25) is 0 Å². The van der Waals surface area contributed by atoms with Crippen LogP contribution in [0.2, 0.25) is 0 Å². The second-order valence-electron chi connectivity index (χ2n) is 4.53. The van der Waals surface area contributed by atoms with Gasteiger partial charge in [-0.05, 0) is 49.9 Å². The van der Waals surface area contributed by atoms with Gasteiger partial charge >= 0.3 is 0 Å². The highest BCUT2D eigenvalue weighted by Crippen LogP contribution is 2.30. The fourth-order valence-corrected chi connectivity index (χ4v) is 1.99. The summed E-state index contributed by atoms with van der Waals surface area (Å²) in [5, 5.41) is 9.02. The quantitative estimate of drug-likeness (QED) is 0.819. The van der Waals surface area contributed by atoms with Crippen molar-refractivity contribution >= 4 is 0 Å². The first-order valence-corrected chi connectivity index (χ1v) is 5.48. The molecule has 1 unspecified atom stereocenters. The van der Waals surface area contributed by atoms with Crippen LogP contribution in [0.4, 0.5) is 0 Å². The molecule has 0 aliphatic heterocycles. The molecule has 0 heterocycles. The van der Waals surface area contributed by atoms with Crippen molar-refractivity contribution in [1.29, 1.82) is 0 Å². The largest absolute Gasteiger partial charge is 0.496 e. The van der Waals surface area contributed by atoms with Crippen LogP contribution in [0.1, 0.15) is 30.0 Å². The summed E-state index contributed by atoms with van der Waals surface area (Å²) in [4.78, 5) is 0. The molecule has 0 saturated carbocycles. The van der Waals surface area contributed by atoms with E-state index >= 15 is 0 Å². The lowest BCUT2D eigenvalue weighted by Crippen LogP contribution is -2.35. The minimum atomic E-state index is -0.490. The van der Waals surface area contributed by atoms with Gasteiger partial charge in [-0.25, -0.2) is 0 Å². The Kier molecular flexibility index (Phi) is 3.94. The van der Waals surface area contributed by atoms with E-state index in [0.29, 0.717) is 6.42 Å². The molecule has 0 fully saturated rings. The van der Waals surface area contributed by atoms with Gasteiger partial charge in [0.05, 0.1) is 7.11 Å². The van der Waals surface area contributed by atoms with E-state index in [1.165, 1.54) is 0 Å². The molecule has 0 bridgehead atoms. The normalized spacial score (nSPS) is 14.6. The molecule has 1 aromatic carbocycles. The minimum absolute atomic E-state index is 0.0948. The Bertz CT molecular complexity index is 372. The second kappa shape index (κ2) is 4.85. The first-order chi connectivity index (χ1) is 7.42. The van der Waals surface area contributed by atoms with E-state index in [-0.39, 0.29) is 6.61 Å². The summed E-state index contributed by atoms with van der Waals surface area (Å²) in [7, 11) is 1.66. The van der Waals surface area contributed by atoms with E-state index in [1.807, 2.05) is 32.9 Å². The monoisotopic (exact) mass is 223 g/mol. The molecular formula is C13H21NO2. The Labute approximate surface area is 97.2 Å². The predicted molar refractivity (Wildman–Crippen MR) is 65.7 cm³/mol. The van der Waals surface area contributed by atoms with Crippen molar-refractivity contribution in [3.63, 3.8) is 0 Å². The van der Waals surface area contributed by atoms with Crippen molar-refractivity contribution < 1.29 is 9.84 Å². The van der Waals surface area contributed by atoms with E-state index < -0.39 is 5.54 Å². The summed E-state index contributed by atoms with van der Waals surface area (Å²) in [6.45, 7) is 6.05.